The van der Waals surface area contributed by atoms with Crippen LogP contribution in [0.3, 0.4) is 0 Å². The van der Waals surface area contributed by atoms with Crippen LogP contribution in [0.15, 0.2) is 75.7 Å². The summed E-state index contributed by atoms with van der Waals surface area (Å²) in [4.78, 5) is 26.0. The van der Waals surface area contributed by atoms with Crippen molar-refractivity contribution in [1.29, 1.82) is 5.26 Å². The second-order valence-corrected chi connectivity index (χ2v) is 8.48. The van der Waals surface area contributed by atoms with Crippen molar-refractivity contribution in [2.45, 2.75) is 11.4 Å². The second kappa shape index (κ2) is 8.14. The lowest BCUT2D eigenvalue weighted by molar-refractivity contribution is -0.123. The number of urea groups is 1. The van der Waals surface area contributed by atoms with Crippen molar-refractivity contribution < 1.29 is 22.4 Å². The molecule has 2 aromatic carbocycles. The molecular formula is C22H16N4O5S. The lowest BCUT2D eigenvalue weighted by Gasteiger charge is -2.12. The first-order valence-electron chi connectivity index (χ1n) is 9.32. The molecule has 1 fully saturated rings. The lowest BCUT2D eigenvalue weighted by Crippen LogP contribution is -2.30. The number of furan rings is 1. The van der Waals surface area contributed by atoms with E-state index in [1.165, 1.54) is 18.2 Å². The fourth-order valence-electron chi connectivity index (χ4n) is 3.19. The van der Waals surface area contributed by atoms with E-state index in [0.717, 1.165) is 4.90 Å². The topological polar surface area (TPSA) is 146 Å². The van der Waals surface area contributed by atoms with E-state index >= 15 is 0 Å². The molecule has 4 rings (SSSR count). The van der Waals surface area contributed by atoms with Gasteiger partial charge in [0.1, 0.15) is 17.2 Å². The molecule has 10 heteroatoms. The van der Waals surface area contributed by atoms with Crippen LogP contribution in [0, 0.1) is 11.3 Å². The number of carbonyl (C=O) groups is 2. The summed E-state index contributed by atoms with van der Waals surface area (Å²) in [6.07, 6.45) is 1.40. The molecule has 0 bridgehead atoms. The van der Waals surface area contributed by atoms with Crippen molar-refractivity contribution in [3.8, 4) is 17.4 Å². The Labute approximate surface area is 183 Å². The predicted octanol–water partition coefficient (Wildman–Crippen LogP) is 2.56. The highest BCUT2D eigenvalue weighted by Gasteiger charge is 2.34. The number of nitriles is 1. The zero-order valence-electron chi connectivity index (χ0n) is 16.5. The van der Waals surface area contributed by atoms with Crippen molar-refractivity contribution in [2.24, 2.45) is 5.14 Å². The highest BCUT2D eigenvalue weighted by molar-refractivity contribution is 7.89. The van der Waals surface area contributed by atoms with Gasteiger partial charge in [0.15, 0.2) is 0 Å². The molecule has 0 spiro atoms. The molecule has 3 aromatic rings. The largest absolute Gasteiger partial charge is 0.457 e. The number of hydrogen-bond donors (Lipinski definition) is 2. The van der Waals surface area contributed by atoms with E-state index in [9.17, 15) is 23.3 Å². The van der Waals surface area contributed by atoms with Crippen LogP contribution in [-0.4, -0.2) is 25.3 Å². The number of sulfonamides is 1. The maximum absolute atomic E-state index is 12.7. The van der Waals surface area contributed by atoms with Crippen LogP contribution in [0.1, 0.15) is 16.9 Å². The Morgan fingerprint density at radius 3 is 2.47 bits per heavy atom. The molecule has 160 valence electrons. The van der Waals surface area contributed by atoms with Crippen LogP contribution >= 0.6 is 0 Å². The minimum Gasteiger partial charge on any atom is -0.457 e. The Morgan fingerprint density at radius 2 is 1.78 bits per heavy atom. The van der Waals surface area contributed by atoms with Crippen LogP contribution in [0.2, 0.25) is 0 Å². The highest BCUT2D eigenvalue weighted by atomic mass is 32.2. The van der Waals surface area contributed by atoms with Gasteiger partial charge in [-0.05, 0) is 48.0 Å². The first kappa shape index (κ1) is 21.0. The van der Waals surface area contributed by atoms with E-state index in [1.54, 1.807) is 48.5 Å². The molecule has 1 aliphatic heterocycles. The van der Waals surface area contributed by atoms with Crippen LogP contribution in [0.25, 0.3) is 17.4 Å². The maximum Gasteiger partial charge on any atom is 0.329 e. The average Bonchev–Trinajstić information content (AvgIpc) is 3.34. The van der Waals surface area contributed by atoms with Crippen molar-refractivity contribution in [3.05, 3.63) is 83.2 Å². The smallest absolute Gasteiger partial charge is 0.329 e. The fraction of sp³-hybridized carbons (Fsp3) is 0.0455. The minimum atomic E-state index is -3.80. The van der Waals surface area contributed by atoms with Crippen LogP contribution in [-0.2, 0) is 21.4 Å². The van der Waals surface area contributed by atoms with Gasteiger partial charge in [-0.15, -0.1) is 0 Å². The first-order valence-corrected chi connectivity index (χ1v) is 10.9. The van der Waals surface area contributed by atoms with Crippen molar-refractivity contribution in [3.63, 3.8) is 0 Å². The van der Waals surface area contributed by atoms with Gasteiger partial charge in [0.25, 0.3) is 5.91 Å². The number of amides is 3. The third-order valence-electron chi connectivity index (χ3n) is 4.81. The number of carbonyl (C=O) groups excluding carboxylic acids is 2. The molecule has 0 aliphatic carbocycles. The molecule has 9 nitrogen and oxygen atoms in total. The van der Waals surface area contributed by atoms with Crippen LogP contribution in [0.4, 0.5) is 4.79 Å². The number of hydrogen-bond acceptors (Lipinski definition) is 6. The molecule has 1 aliphatic rings. The van der Waals surface area contributed by atoms with E-state index in [1.807, 2.05) is 6.07 Å². The number of benzene rings is 2. The molecule has 3 N–H and O–H groups in total. The van der Waals surface area contributed by atoms with Gasteiger partial charge < -0.3 is 9.73 Å². The zero-order valence-corrected chi connectivity index (χ0v) is 17.3. The predicted molar refractivity (Wildman–Crippen MR) is 114 cm³/mol. The molecule has 2 heterocycles. The van der Waals surface area contributed by atoms with E-state index in [-0.39, 0.29) is 17.1 Å². The Balaban J connectivity index is 1.54. The number of nitrogens with two attached hydrogens (primary N) is 1. The van der Waals surface area contributed by atoms with Crippen molar-refractivity contribution in [1.82, 2.24) is 10.2 Å². The maximum atomic E-state index is 12.7. The molecule has 0 atom stereocenters. The molecule has 3 amide bonds. The van der Waals surface area contributed by atoms with Gasteiger partial charge >= 0.3 is 6.03 Å². The summed E-state index contributed by atoms with van der Waals surface area (Å²) in [5.41, 5.74) is 1.59. The Morgan fingerprint density at radius 1 is 1.06 bits per heavy atom. The fourth-order valence-corrected chi connectivity index (χ4v) is 3.70. The van der Waals surface area contributed by atoms with Gasteiger partial charge in [0.2, 0.25) is 10.0 Å². The monoisotopic (exact) mass is 448 g/mol. The third kappa shape index (κ3) is 4.15. The number of rotatable bonds is 5. The van der Waals surface area contributed by atoms with E-state index in [2.05, 4.69) is 5.32 Å². The lowest BCUT2D eigenvalue weighted by atomic mass is 10.1. The van der Waals surface area contributed by atoms with Crippen LogP contribution in [0.5, 0.6) is 0 Å². The first-order chi connectivity index (χ1) is 15.3. The standard InChI is InChI=1S/C22H16N4O5S/c23-12-15-3-1-2-4-16(15)13-26-21(27)19(25-22(26)28)11-17-7-10-20(31-17)14-5-8-18(9-6-14)32(24,29)30/h1-11H,13H2,(H,25,28)(H2,24,29,30)/b19-11+. The highest BCUT2D eigenvalue weighted by Crippen LogP contribution is 2.25. The average molecular weight is 448 g/mol. The van der Waals surface area contributed by atoms with E-state index in [4.69, 9.17) is 9.56 Å². The molecule has 0 unspecified atom stereocenters. The molecule has 0 saturated carbocycles. The summed E-state index contributed by atoms with van der Waals surface area (Å²) < 4.78 is 28.5. The molecule has 1 saturated heterocycles. The number of nitrogens with one attached hydrogen (secondary N) is 1. The van der Waals surface area contributed by atoms with Crippen molar-refractivity contribution in [2.75, 3.05) is 0 Å². The van der Waals surface area contributed by atoms with Crippen LogP contribution < -0.4 is 10.5 Å². The van der Waals surface area contributed by atoms with Gasteiger partial charge in [-0.3, -0.25) is 9.69 Å². The molecule has 32 heavy (non-hydrogen) atoms. The minimum absolute atomic E-state index is 0.0209. The molecular weight excluding hydrogens is 432 g/mol. The van der Waals surface area contributed by atoms with Gasteiger partial charge in [0, 0.05) is 11.6 Å². The Hall–Kier alpha value is -4.20. The molecule has 1 aromatic heterocycles. The second-order valence-electron chi connectivity index (χ2n) is 6.92. The summed E-state index contributed by atoms with van der Waals surface area (Å²) >= 11 is 0. The van der Waals surface area contributed by atoms with Gasteiger partial charge in [-0.1, -0.05) is 18.2 Å². The summed E-state index contributed by atoms with van der Waals surface area (Å²) in [6, 6.07) is 17.3. The summed E-state index contributed by atoms with van der Waals surface area (Å²) in [5.74, 6) is 0.214. The Bertz CT molecular complexity index is 1400. The number of primary sulfonamides is 1. The summed E-state index contributed by atoms with van der Waals surface area (Å²) in [5, 5.41) is 16.8. The number of imide groups is 1. The SMILES string of the molecule is N#Cc1ccccc1CN1C(=O)N/C(=C/c2ccc(-c3ccc(S(N)(=O)=O)cc3)o2)C1=O. The normalized spacial score (nSPS) is 15.1. The number of nitrogens with zero attached hydrogens (tertiary/aromatic N) is 2. The van der Waals surface area contributed by atoms with E-state index in [0.29, 0.717) is 28.2 Å². The third-order valence-corrected chi connectivity index (χ3v) is 5.74. The van der Waals surface area contributed by atoms with Crippen molar-refractivity contribution >= 4 is 28.0 Å². The summed E-state index contributed by atoms with van der Waals surface area (Å²) in [7, 11) is -3.80. The summed E-state index contributed by atoms with van der Waals surface area (Å²) in [6.45, 7) is -0.0362. The Kier molecular flexibility index (Phi) is 5.36. The van der Waals surface area contributed by atoms with Gasteiger partial charge in [0.05, 0.1) is 23.1 Å². The molecule has 0 radical (unpaired) electrons. The van der Waals surface area contributed by atoms with Gasteiger partial charge in [-0.25, -0.2) is 18.4 Å². The quantitative estimate of drug-likeness (QED) is 0.453. The zero-order chi connectivity index (χ0) is 22.9. The van der Waals surface area contributed by atoms with E-state index < -0.39 is 22.0 Å². The van der Waals surface area contributed by atoms with Gasteiger partial charge in [-0.2, -0.15) is 5.26 Å².